The number of amides is 1. The predicted octanol–water partition coefficient (Wildman–Crippen LogP) is 0.291. The second-order valence-corrected chi connectivity index (χ2v) is 5.15. The van der Waals surface area contributed by atoms with Gasteiger partial charge in [-0.15, -0.1) is 0 Å². The summed E-state index contributed by atoms with van der Waals surface area (Å²) < 4.78 is 0. The Morgan fingerprint density at radius 2 is 2.12 bits per heavy atom. The number of carbonyl (C=O) groups excluding carboxylic acids is 1. The zero-order valence-corrected chi connectivity index (χ0v) is 10.4. The number of hydrogen-bond donors (Lipinski definition) is 1. The Hall–Kier alpha value is -0.610. The van der Waals surface area contributed by atoms with Gasteiger partial charge in [0.1, 0.15) is 0 Å². The monoisotopic (exact) mass is 225 g/mol. The number of rotatable bonds is 1. The average molecular weight is 225 g/mol. The molecular weight excluding hydrogens is 202 g/mol. The van der Waals surface area contributed by atoms with E-state index in [1.165, 1.54) is 0 Å². The van der Waals surface area contributed by atoms with E-state index in [2.05, 4.69) is 29.1 Å². The van der Waals surface area contributed by atoms with Gasteiger partial charge in [-0.2, -0.15) is 0 Å². The minimum Gasteiger partial charge on any atom is -0.337 e. The molecule has 2 heterocycles. The molecule has 0 spiro atoms. The summed E-state index contributed by atoms with van der Waals surface area (Å²) in [5, 5.41) is 3.30. The van der Waals surface area contributed by atoms with Gasteiger partial charge in [0, 0.05) is 19.1 Å². The fourth-order valence-electron chi connectivity index (χ4n) is 2.80. The number of nitrogens with zero attached hydrogens (tertiary/aromatic N) is 2. The van der Waals surface area contributed by atoms with Crippen LogP contribution in [0.3, 0.4) is 0 Å². The van der Waals surface area contributed by atoms with Crippen LogP contribution >= 0.6 is 0 Å². The summed E-state index contributed by atoms with van der Waals surface area (Å²) in [6.07, 6.45) is 3.25. The largest absolute Gasteiger partial charge is 0.337 e. The zero-order valence-electron chi connectivity index (χ0n) is 10.4. The fraction of sp³-hybridized carbons (Fsp3) is 0.917. The van der Waals surface area contributed by atoms with E-state index in [-0.39, 0.29) is 6.04 Å². The van der Waals surface area contributed by atoms with Crippen LogP contribution in [0.1, 0.15) is 26.2 Å². The molecule has 0 bridgehead atoms. The Labute approximate surface area is 98.0 Å². The standard InChI is InChI=1S/C12H23N3O/c1-10-9-14(2)7-4-8-15(10)12(16)11-5-3-6-13-11/h10-11,13H,3-9H2,1-2H3/t10?,11-/m0/s1. The van der Waals surface area contributed by atoms with E-state index in [0.29, 0.717) is 11.9 Å². The summed E-state index contributed by atoms with van der Waals surface area (Å²) in [6, 6.07) is 0.438. The Balaban J connectivity index is 1.98. The third-order valence-electron chi connectivity index (χ3n) is 3.69. The molecule has 4 nitrogen and oxygen atoms in total. The topological polar surface area (TPSA) is 35.6 Å². The van der Waals surface area contributed by atoms with E-state index >= 15 is 0 Å². The highest BCUT2D eigenvalue weighted by Crippen LogP contribution is 2.14. The molecule has 2 fully saturated rings. The van der Waals surface area contributed by atoms with Gasteiger partial charge in [-0.05, 0) is 46.3 Å². The van der Waals surface area contributed by atoms with Gasteiger partial charge in [0.05, 0.1) is 6.04 Å². The molecule has 2 aliphatic heterocycles. The number of likely N-dealkylation sites (N-methyl/N-ethyl adjacent to an activating group) is 1. The first kappa shape index (κ1) is 11.9. The molecule has 0 aromatic heterocycles. The minimum absolute atomic E-state index is 0.0888. The van der Waals surface area contributed by atoms with E-state index in [9.17, 15) is 4.79 Å². The van der Waals surface area contributed by atoms with Crippen LogP contribution in [-0.4, -0.2) is 61.0 Å². The molecule has 2 rings (SSSR count). The number of nitrogens with one attached hydrogen (secondary N) is 1. The van der Waals surface area contributed by atoms with Crippen molar-refractivity contribution in [2.45, 2.75) is 38.3 Å². The van der Waals surface area contributed by atoms with Crippen molar-refractivity contribution in [3.05, 3.63) is 0 Å². The second-order valence-electron chi connectivity index (χ2n) is 5.15. The molecule has 0 aromatic rings. The van der Waals surface area contributed by atoms with Crippen LogP contribution in [0, 0.1) is 0 Å². The summed E-state index contributed by atoms with van der Waals surface area (Å²) >= 11 is 0. The SMILES string of the molecule is CC1CN(C)CCCN1C(=O)[C@@H]1CCCN1. The molecule has 0 radical (unpaired) electrons. The maximum Gasteiger partial charge on any atom is 0.239 e. The van der Waals surface area contributed by atoms with Crippen molar-refractivity contribution in [1.29, 1.82) is 0 Å². The Bertz CT molecular complexity index is 251. The molecule has 0 aromatic carbocycles. The third-order valence-corrected chi connectivity index (χ3v) is 3.69. The fourth-order valence-corrected chi connectivity index (χ4v) is 2.80. The van der Waals surface area contributed by atoms with Crippen LogP contribution in [0.25, 0.3) is 0 Å². The van der Waals surface area contributed by atoms with Crippen molar-refractivity contribution in [3.63, 3.8) is 0 Å². The van der Waals surface area contributed by atoms with Crippen molar-refractivity contribution >= 4 is 5.91 Å². The molecule has 1 unspecified atom stereocenters. The molecule has 16 heavy (non-hydrogen) atoms. The minimum atomic E-state index is 0.0888. The Morgan fingerprint density at radius 3 is 2.81 bits per heavy atom. The zero-order chi connectivity index (χ0) is 11.5. The van der Waals surface area contributed by atoms with Gasteiger partial charge in [0.25, 0.3) is 0 Å². The van der Waals surface area contributed by atoms with E-state index in [4.69, 9.17) is 0 Å². The van der Waals surface area contributed by atoms with Gasteiger partial charge in [-0.3, -0.25) is 4.79 Å². The lowest BCUT2D eigenvalue weighted by Gasteiger charge is -2.30. The van der Waals surface area contributed by atoms with Crippen LogP contribution in [0.4, 0.5) is 0 Å². The van der Waals surface area contributed by atoms with E-state index in [1.54, 1.807) is 0 Å². The average Bonchev–Trinajstić information content (AvgIpc) is 2.71. The molecule has 2 aliphatic rings. The van der Waals surface area contributed by atoms with Gasteiger partial charge < -0.3 is 15.1 Å². The summed E-state index contributed by atoms with van der Waals surface area (Å²) in [6.45, 7) is 6.18. The van der Waals surface area contributed by atoms with Gasteiger partial charge in [-0.1, -0.05) is 0 Å². The van der Waals surface area contributed by atoms with Crippen molar-refractivity contribution in [3.8, 4) is 0 Å². The molecule has 92 valence electrons. The van der Waals surface area contributed by atoms with Crippen LogP contribution in [0.15, 0.2) is 0 Å². The molecule has 0 aliphatic carbocycles. The second kappa shape index (κ2) is 5.15. The molecule has 4 heteroatoms. The van der Waals surface area contributed by atoms with Crippen molar-refractivity contribution in [2.24, 2.45) is 0 Å². The van der Waals surface area contributed by atoms with Crippen LogP contribution < -0.4 is 5.32 Å². The summed E-state index contributed by atoms with van der Waals surface area (Å²) in [5.74, 6) is 0.320. The Kier molecular flexibility index (Phi) is 3.82. The molecule has 1 N–H and O–H groups in total. The lowest BCUT2D eigenvalue weighted by molar-refractivity contribution is -0.134. The normalized spacial score (nSPS) is 32.8. The highest BCUT2D eigenvalue weighted by molar-refractivity contribution is 5.82. The van der Waals surface area contributed by atoms with Crippen LogP contribution in [0.2, 0.25) is 0 Å². The quantitative estimate of drug-likeness (QED) is 0.697. The Morgan fingerprint density at radius 1 is 1.31 bits per heavy atom. The van der Waals surface area contributed by atoms with E-state index in [1.807, 2.05) is 0 Å². The van der Waals surface area contributed by atoms with Gasteiger partial charge in [-0.25, -0.2) is 0 Å². The molecule has 1 amide bonds. The van der Waals surface area contributed by atoms with E-state index in [0.717, 1.165) is 45.4 Å². The van der Waals surface area contributed by atoms with Crippen molar-refractivity contribution in [2.75, 3.05) is 33.2 Å². The summed E-state index contributed by atoms with van der Waals surface area (Å²) in [7, 11) is 2.14. The molecular formula is C12H23N3O. The summed E-state index contributed by atoms with van der Waals surface area (Å²) in [5.41, 5.74) is 0. The molecule has 2 saturated heterocycles. The summed E-state index contributed by atoms with van der Waals surface area (Å²) in [4.78, 5) is 16.7. The maximum absolute atomic E-state index is 12.3. The first-order chi connectivity index (χ1) is 7.68. The first-order valence-corrected chi connectivity index (χ1v) is 6.41. The first-order valence-electron chi connectivity index (χ1n) is 6.41. The third kappa shape index (κ3) is 2.55. The lowest BCUT2D eigenvalue weighted by Crippen LogP contribution is -2.49. The molecule has 0 saturated carbocycles. The lowest BCUT2D eigenvalue weighted by atomic mass is 10.1. The highest BCUT2D eigenvalue weighted by Gasteiger charge is 2.30. The highest BCUT2D eigenvalue weighted by atomic mass is 16.2. The smallest absolute Gasteiger partial charge is 0.239 e. The van der Waals surface area contributed by atoms with Gasteiger partial charge >= 0.3 is 0 Å². The predicted molar refractivity (Wildman–Crippen MR) is 64.3 cm³/mol. The van der Waals surface area contributed by atoms with Crippen molar-refractivity contribution < 1.29 is 4.79 Å². The van der Waals surface area contributed by atoms with Crippen molar-refractivity contribution in [1.82, 2.24) is 15.1 Å². The number of carbonyl (C=O) groups is 1. The van der Waals surface area contributed by atoms with E-state index < -0.39 is 0 Å². The van der Waals surface area contributed by atoms with Crippen LogP contribution in [-0.2, 0) is 4.79 Å². The molecule has 2 atom stereocenters. The number of hydrogen-bond acceptors (Lipinski definition) is 3. The van der Waals surface area contributed by atoms with Crippen LogP contribution in [0.5, 0.6) is 0 Å². The van der Waals surface area contributed by atoms with Gasteiger partial charge in [0.2, 0.25) is 5.91 Å². The maximum atomic E-state index is 12.3. The van der Waals surface area contributed by atoms with Gasteiger partial charge in [0.15, 0.2) is 0 Å².